The van der Waals surface area contributed by atoms with Gasteiger partial charge in [0.1, 0.15) is 18.0 Å². The van der Waals surface area contributed by atoms with Crippen LogP contribution >= 0.6 is 0 Å². The van der Waals surface area contributed by atoms with Crippen molar-refractivity contribution in [1.29, 1.82) is 0 Å². The molecule has 0 aliphatic rings. The van der Waals surface area contributed by atoms with Crippen molar-refractivity contribution in [2.75, 3.05) is 5.32 Å². The van der Waals surface area contributed by atoms with Crippen molar-refractivity contribution in [3.8, 4) is 17.1 Å². The van der Waals surface area contributed by atoms with Gasteiger partial charge in [-0.25, -0.2) is 4.79 Å². The number of benzene rings is 1. The molecule has 0 unspecified atom stereocenters. The van der Waals surface area contributed by atoms with Crippen LogP contribution < -0.4 is 10.1 Å². The molecule has 0 saturated carbocycles. The van der Waals surface area contributed by atoms with Crippen LogP contribution in [0.5, 0.6) is 5.75 Å². The van der Waals surface area contributed by atoms with Crippen LogP contribution in [-0.2, 0) is 11.3 Å². The second kappa shape index (κ2) is 7.90. The Bertz CT molecular complexity index is 884. The Labute approximate surface area is 157 Å². The number of amides is 1. The molecule has 1 aromatic carbocycles. The van der Waals surface area contributed by atoms with Crippen molar-refractivity contribution in [2.24, 2.45) is 0 Å². The molecule has 0 spiro atoms. The summed E-state index contributed by atoms with van der Waals surface area (Å²) in [6, 6.07) is 13.0. The lowest BCUT2D eigenvalue weighted by Gasteiger charge is -2.19. The number of H-pyrrole nitrogens is 1. The molecule has 2 aromatic heterocycles. The van der Waals surface area contributed by atoms with E-state index in [4.69, 9.17) is 9.47 Å². The van der Waals surface area contributed by atoms with Gasteiger partial charge in [-0.05, 0) is 56.7 Å². The van der Waals surface area contributed by atoms with E-state index >= 15 is 0 Å². The lowest BCUT2D eigenvalue weighted by Crippen LogP contribution is -2.27. The van der Waals surface area contributed by atoms with E-state index in [1.54, 1.807) is 18.5 Å². The Balaban J connectivity index is 1.57. The smallest absolute Gasteiger partial charge is 0.412 e. The summed E-state index contributed by atoms with van der Waals surface area (Å²) in [5, 5.41) is 9.50. The van der Waals surface area contributed by atoms with Gasteiger partial charge in [-0.1, -0.05) is 12.1 Å². The Hall–Kier alpha value is -3.35. The predicted molar refractivity (Wildman–Crippen MR) is 102 cm³/mol. The first-order valence-electron chi connectivity index (χ1n) is 8.57. The highest BCUT2D eigenvalue weighted by Gasteiger charge is 2.16. The minimum Gasteiger partial charge on any atom is -0.487 e. The molecule has 3 rings (SSSR count). The Kier molecular flexibility index (Phi) is 5.40. The molecule has 140 valence electrons. The van der Waals surface area contributed by atoms with Crippen molar-refractivity contribution in [2.45, 2.75) is 33.0 Å². The first kappa shape index (κ1) is 18.4. The lowest BCUT2D eigenvalue weighted by atomic mass is 10.2. The Morgan fingerprint density at radius 2 is 2.04 bits per heavy atom. The molecule has 0 fully saturated rings. The second-order valence-electron chi connectivity index (χ2n) is 6.97. The Morgan fingerprint density at radius 1 is 1.19 bits per heavy atom. The van der Waals surface area contributed by atoms with Gasteiger partial charge in [0.25, 0.3) is 0 Å². The van der Waals surface area contributed by atoms with Crippen LogP contribution in [0.1, 0.15) is 26.3 Å². The molecule has 2 heterocycles. The molecule has 3 aromatic rings. The third-order valence-electron chi connectivity index (χ3n) is 3.49. The van der Waals surface area contributed by atoms with Crippen molar-refractivity contribution >= 4 is 11.8 Å². The van der Waals surface area contributed by atoms with Crippen molar-refractivity contribution < 1.29 is 14.3 Å². The zero-order valence-electron chi connectivity index (χ0n) is 15.5. The quantitative estimate of drug-likeness (QED) is 0.699. The SMILES string of the molecule is CC(C)(C)OC(=O)Nc1cccc(COc2ccc(-c3ccn[nH]3)nc2)c1. The zero-order valence-corrected chi connectivity index (χ0v) is 15.5. The van der Waals surface area contributed by atoms with E-state index in [0.717, 1.165) is 17.0 Å². The minimum atomic E-state index is -0.542. The average molecular weight is 366 g/mol. The number of carbonyl (C=O) groups is 1. The van der Waals surface area contributed by atoms with E-state index in [-0.39, 0.29) is 0 Å². The van der Waals surface area contributed by atoms with Crippen LogP contribution in [-0.4, -0.2) is 26.9 Å². The number of ether oxygens (including phenoxy) is 2. The maximum Gasteiger partial charge on any atom is 0.412 e. The van der Waals surface area contributed by atoms with Crippen LogP contribution in [0.15, 0.2) is 54.9 Å². The molecular formula is C20H22N4O3. The number of nitrogens with zero attached hydrogens (tertiary/aromatic N) is 2. The largest absolute Gasteiger partial charge is 0.487 e. The molecule has 0 radical (unpaired) electrons. The van der Waals surface area contributed by atoms with E-state index in [0.29, 0.717) is 18.0 Å². The average Bonchev–Trinajstić information content (AvgIpc) is 3.14. The number of aromatic amines is 1. The number of aromatic nitrogens is 3. The number of carbonyl (C=O) groups excluding carboxylic acids is 1. The summed E-state index contributed by atoms with van der Waals surface area (Å²) in [5.41, 5.74) is 2.67. The highest BCUT2D eigenvalue weighted by Crippen LogP contribution is 2.19. The van der Waals surface area contributed by atoms with Gasteiger partial charge in [-0.2, -0.15) is 5.10 Å². The predicted octanol–water partition coefficient (Wildman–Crippen LogP) is 4.40. The highest BCUT2D eigenvalue weighted by atomic mass is 16.6. The van der Waals surface area contributed by atoms with Gasteiger partial charge in [0, 0.05) is 11.9 Å². The number of hydrogen-bond acceptors (Lipinski definition) is 5. The molecular weight excluding hydrogens is 344 g/mol. The fourth-order valence-electron chi connectivity index (χ4n) is 2.35. The van der Waals surface area contributed by atoms with Crippen LogP contribution in [0.3, 0.4) is 0 Å². The number of nitrogens with one attached hydrogen (secondary N) is 2. The third-order valence-corrected chi connectivity index (χ3v) is 3.49. The fraction of sp³-hybridized carbons (Fsp3) is 0.250. The van der Waals surface area contributed by atoms with Gasteiger partial charge in [-0.15, -0.1) is 0 Å². The van der Waals surface area contributed by atoms with Gasteiger partial charge in [0.15, 0.2) is 0 Å². The van der Waals surface area contributed by atoms with Crippen LogP contribution in [0, 0.1) is 0 Å². The molecule has 0 aliphatic heterocycles. The number of pyridine rings is 1. The van der Waals surface area contributed by atoms with E-state index in [9.17, 15) is 4.79 Å². The van der Waals surface area contributed by atoms with Gasteiger partial charge in [0.2, 0.25) is 0 Å². The monoisotopic (exact) mass is 366 g/mol. The van der Waals surface area contributed by atoms with Crippen LogP contribution in [0.4, 0.5) is 10.5 Å². The van der Waals surface area contributed by atoms with Gasteiger partial charge in [0.05, 0.1) is 17.6 Å². The van der Waals surface area contributed by atoms with Crippen molar-refractivity contribution in [3.05, 3.63) is 60.4 Å². The number of rotatable bonds is 5. The highest BCUT2D eigenvalue weighted by molar-refractivity contribution is 5.84. The van der Waals surface area contributed by atoms with Gasteiger partial charge in [-0.3, -0.25) is 15.4 Å². The first-order chi connectivity index (χ1) is 12.9. The van der Waals surface area contributed by atoms with Gasteiger partial charge >= 0.3 is 6.09 Å². The normalized spacial score (nSPS) is 11.1. The summed E-state index contributed by atoms with van der Waals surface area (Å²) in [6.07, 6.45) is 2.86. The molecule has 7 heteroatoms. The summed E-state index contributed by atoms with van der Waals surface area (Å²) in [7, 11) is 0. The molecule has 2 N–H and O–H groups in total. The third kappa shape index (κ3) is 5.57. The molecule has 0 bridgehead atoms. The molecule has 0 aliphatic carbocycles. The van der Waals surface area contributed by atoms with Crippen molar-refractivity contribution in [1.82, 2.24) is 15.2 Å². The maximum atomic E-state index is 11.9. The van der Waals surface area contributed by atoms with Crippen molar-refractivity contribution in [3.63, 3.8) is 0 Å². The summed E-state index contributed by atoms with van der Waals surface area (Å²) in [5.74, 6) is 0.656. The lowest BCUT2D eigenvalue weighted by molar-refractivity contribution is 0.0636. The van der Waals surface area contributed by atoms with E-state index in [1.807, 2.05) is 57.2 Å². The summed E-state index contributed by atoms with van der Waals surface area (Å²) in [4.78, 5) is 16.2. The standard InChI is InChI=1S/C20H22N4O3/c1-20(2,3)27-19(25)23-15-6-4-5-14(11-15)13-26-16-7-8-17(21-12-16)18-9-10-22-24-18/h4-12H,13H2,1-3H3,(H,22,24)(H,23,25). The minimum absolute atomic E-state index is 0.356. The van der Waals surface area contributed by atoms with Gasteiger partial charge < -0.3 is 9.47 Å². The molecule has 1 amide bonds. The molecule has 7 nitrogen and oxygen atoms in total. The van der Waals surface area contributed by atoms with E-state index in [1.165, 1.54) is 0 Å². The second-order valence-corrected chi connectivity index (χ2v) is 6.97. The topological polar surface area (TPSA) is 89.1 Å². The zero-order chi connectivity index (χ0) is 19.3. The number of hydrogen-bond donors (Lipinski definition) is 2. The Morgan fingerprint density at radius 3 is 2.70 bits per heavy atom. The van der Waals surface area contributed by atoms with E-state index in [2.05, 4.69) is 20.5 Å². The van der Waals surface area contributed by atoms with Crippen LogP contribution in [0.2, 0.25) is 0 Å². The van der Waals surface area contributed by atoms with E-state index < -0.39 is 11.7 Å². The summed E-state index contributed by atoms with van der Waals surface area (Å²) < 4.78 is 11.0. The maximum absolute atomic E-state index is 11.9. The number of anilines is 1. The molecule has 0 atom stereocenters. The summed E-state index contributed by atoms with van der Waals surface area (Å²) >= 11 is 0. The fourth-order valence-corrected chi connectivity index (χ4v) is 2.35. The van der Waals surface area contributed by atoms with Crippen LogP contribution in [0.25, 0.3) is 11.4 Å². The first-order valence-corrected chi connectivity index (χ1v) is 8.57. The molecule has 27 heavy (non-hydrogen) atoms. The molecule has 0 saturated heterocycles. The summed E-state index contributed by atoms with van der Waals surface area (Å²) in [6.45, 7) is 5.82.